The van der Waals surface area contributed by atoms with Crippen LogP contribution in [-0.4, -0.2) is 55.0 Å². The van der Waals surface area contributed by atoms with Crippen molar-refractivity contribution < 1.29 is 4.79 Å². The maximum Gasteiger partial charge on any atom is 0.224 e. The fourth-order valence-corrected chi connectivity index (χ4v) is 2.92. The summed E-state index contributed by atoms with van der Waals surface area (Å²) in [7, 11) is 2.15. The third-order valence-corrected chi connectivity index (χ3v) is 4.24. The number of carbonyl (C=O) groups excluding carboxylic acids is 1. The number of amides is 1. The van der Waals surface area contributed by atoms with Crippen molar-refractivity contribution in [3.05, 3.63) is 0 Å². The van der Waals surface area contributed by atoms with Gasteiger partial charge in [-0.1, -0.05) is 0 Å². The van der Waals surface area contributed by atoms with Gasteiger partial charge in [0.05, 0.1) is 0 Å². The Morgan fingerprint density at radius 3 is 2.41 bits per heavy atom. The number of rotatable bonds is 3. The SMILES string of the molecule is CN1CCC(C(N)CC(=O)N2CCCC2)CC1. The molecule has 4 nitrogen and oxygen atoms in total. The lowest BCUT2D eigenvalue weighted by Gasteiger charge is -2.32. The van der Waals surface area contributed by atoms with Gasteiger partial charge in [-0.05, 0) is 51.7 Å². The molecule has 0 spiro atoms. The minimum absolute atomic E-state index is 0.0665. The second-order valence-electron chi connectivity index (χ2n) is 5.60. The summed E-state index contributed by atoms with van der Waals surface area (Å²) in [5.74, 6) is 0.812. The van der Waals surface area contributed by atoms with Gasteiger partial charge in [0.1, 0.15) is 0 Å². The Morgan fingerprint density at radius 1 is 1.24 bits per heavy atom. The first kappa shape index (κ1) is 12.8. The summed E-state index contributed by atoms with van der Waals surface area (Å²) in [4.78, 5) is 16.3. The minimum atomic E-state index is 0.0665. The van der Waals surface area contributed by atoms with Gasteiger partial charge in [0, 0.05) is 25.6 Å². The molecule has 2 saturated heterocycles. The van der Waals surface area contributed by atoms with Crippen molar-refractivity contribution in [3.63, 3.8) is 0 Å². The van der Waals surface area contributed by atoms with Crippen LogP contribution in [0.15, 0.2) is 0 Å². The van der Waals surface area contributed by atoms with Crippen molar-refractivity contribution in [1.82, 2.24) is 9.80 Å². The molecule has 0 bridgehead atoms. The van der Waals surface area contributed by atoms with Gasteiger partial charge in [0.25, 0.3) is 0 Å². The number of hydrogen-bond acceptors (Lipinski definition) is 3. The maximum absolute atomic E-state index is 12.0. The van der Waals surface area contributed by atoms with Gasteiger partial charge < -0.3 is 15.5 Å². The van der Waals surface area contributed by atoms with Crippen molar-refractivity contribution in [1.29, 1.82) is 0 Å². The summed E-state index contributed by atoms with van der Waals surface area (Å²) in [5.41, 5.74) is 6.20. The fraction of sp³-hybridized carbons (Fsp3) is 0.923. The average molecular weight is 239 g/mol. The van der Waals surface area contributed by atoms with Crippen LogP contribution in [0.5, 0.6) is 0 Å². The molecule has 0 aromatic heterocycles. The van der Waals surface area contributed by atoms with Crippen LogP contribution >= 0.6 is 0 Å². The largest absolute Gasteiger partial charge is 0.343 e. The van der Waals surface area contributed by atoms with Crippen molar-refractivity contribution >= 4 is 5.91 Å². The Morgan fingerprint density at radius 2 is 1.82 bits per heavy atom. The summed E-state index contributed by atoms with van der Waals surface area (Å²) < 4.78 is 0. The molecule has 1 atom stereocenters. The summed E-state index contributed by atoms with van der Waals surface area (Å²) in [6.45, 7) is 4.13. The highest BCUT2D eigenvalue weighted by Gasteiger charge is 2.26. The van der Waals surface area contributed by atoms with Crippen LogP contribution in [0.25, 0.3) is 0 Å². The quantitative estimate of drug-likeness (QED) is 0.787. The first-order valence-electron chi connectivity index (χ1n) is 6.88. The molecular weight excluding hydrogens is 214 g/mol. The smallest absolute Gasteiger partial charge is 0.224 e. The van der Waals surface area contributed by atoms with Crippen molar-refractivity contribution in [2.75, 3.05) is 33.2 Å². The molecule has 2 aliphatic heterocycles. The number of piperidine rings is 1. The maximum atomic E-state index is 12.0. The molecular formula is C13H25N3O. The van der Waals surface area contributed by atoms with Gasteiger partial charge in [-0.25, -0.2) is 0 Å². The lowest BCUT2D eigenvalue weighted by atomic mass is 9.88. The van der Waals surface area contributed by atoms with E-state index < -0.39 is 0 Å². The fourth-order valence-electron chi connectivity index (χ4n) is 2.92. The zero-order valence-electron chi connectivity index (χ0n) is 10.9. The molecule has 98 valence electrons. The molecule has 2 aliphatic rings. The standard InChI is InChI=1S/C13H25N3O/c1-15-8-4-11(5-9-15)12(14)10-13(17)16-6-2-3-7-16/h11-12H,2-10,14H2,1H3. The molecule has 0 saturated carbocycles. The minimum Gasteiger partial charge on any atom is -0.343 e. The van der Waals surface area contributed by atoms with E-state index in [2.05, 4.69) is 11.9 Å². The van der Waals surface area contributed by atoms with Crippen LogP contribution < -0.4 is 5.73 Å². The van der Waals surface area contributed by atoms with Crippen molar-refractivity contribution in [3.8, 4) is 0 Å². The molecule has 0 aliphatic carbocycles. The molecule has 2 heterocycles. The normalized spacial score (nSPS) is 25.2. The van der Waals surface area contributed by atoms with Crippen LogP contribution in [0.3, 0.4) is 0 Å². The molecule has 1 unspecified atom stereocenters. The molecule has 0 radical (unpaired) electrons. The van der Waals surface area contributed by atoms with Gasteiger partial charge in [0.15, 0.2) is 0 Å². The Balaban J connectivity index is 1.76. The van der Waals surface area contributed by atoms with Crippen LogP contribution in [0.4, 0.5) is 0 Å². The zero-order chi connectivity index (χ0) is 12.3. The third kappa shape index (κ3) is 3.42. The molecule has 1 amide bonds. The van der Waals surface area contributed by atoms with E-state index in [1.54, 1.807) is 0 Å². The van der Waals surface area contributed by atoms with Crippen LogP contribution in [-0.2, 0) is 4.79 Å². The van der Waals surface area contributed by atoms with Crippen LogP contribution in [0, 0.1) is 5.92 Å². The Kier molecular flexibility index (Phi) is 4.40. The summed E-state index contributed by atoms with van der Waals surface area (Å²) in [5, 5.41) is 0. The van der Waals surface area contributed by atoms with E-state index in [-0.39, 0.29) is 11.9 Å². The average Bonchev–Trinajstić information content (AvgIpc) is 2.83. The Bertz CT molecular complexity index is 255. The van der Waals surface area contributed by atoms with E-state index in [1.807, 2.05) is 4.90 Å². The van der Waals surface area contributed by atoms with E-state index in [0.717, 1.165) is 51.9 Å². The van der Waals surface area contributed by atoms with Gasteiger partial charge in [-0.15, -0.1) is 0 Å². The number of nitrogens with zero attached hydrogens (tertiary/aromatic N) is 2. The zero-order valence-corrected chi connectivity index (χ0v) is 10.9. The molecule has 0 aromatic rings. The second-order valence-corrected chi connectivity index (χ2v) is 5.60. The second kappa shape index (κ2) is 5.83. The first-order valence-corrected chi connectivity index (χ1v) is 6.88. The number of carbonyl (C=O) groups is 1. The third-order valence-electron chi connectivity index (χ3n) is 4.24. The summed E-state index contributed by atoms with van der Waals surface area (Å²) >= 11 is 0. The van der Waals surface area contributed by atoms with Gasteiger partial charge in [0.2, 0.25) is 5.91 Å². The van der Waals surface area contributed by atoms with Gasteiger partial charge >= 0.3 is 0 Å². The lowest BCUT2D eigenvalue weighted by Crippen LogP contribution is -2.42. The number of hydrogen-bond donors (Lipinski definition) is 1. The highest BCUT2D eigenvalue weighted by atomic mass is 16.2. The molecule has 0 aromatic carbocycles. The van der Waals surface area contributed by atoms with Gasteiger partial charge in [-0.2, -0.15) is 0 Å². The van der Waals surface area contributed by atoms with Crippen LogP contribution in [0.2, 0.25) is 0 Å². The predicted molar refractivity (Wildman–Crippen MR) is 68.6 cm³/mol. The molecule has 2 rings (SSSR count). The van der Waals surface area contributed by atoms with E-state index in [1.165, 1.54) is 0 Å². The van der Waals surface area contributed by atoms with E-state index in [4.69, 9.17) is 5.73 Å². The Hall–Kier alpha value is -0.610. The van der Waals surface area contributed by atoms with E-state index in [0.29, 0.717) is 12.3 Å². The lowest BCUT2D eigenvalue weighted by molar-refractivity contribution is -0.130. The molecule has 17 heavy (non-hydrogen) atoms. The number of likely N-dealkylation sites (tertiary alicyclic amines) is 2. The summed E-state index contributed by atoms with van der Waals surface area (Å²) in [6, 6.07) is 0.0665. The first-order chi connectivity index (χ1) is 8.16. The topological polar surface area (TPSA) is 49.6 Å². The van der Waals surface area contributed by atoms with Gasteiger partial charge in [-0.3, -0.25) is 4.79 Å². The summed E-state index contributed by atoms with van der Waals surface area (Å²) in [6.07, 6.45) is 5.16. The number of nitrogens with two attached hydrogens (primary N) is 1. The Labute approximate surface area is 104 Å². The molecule has 4 heteroatoms. The van der Waals surface area contributed by atoms with Crippen molar-refractivity contribution in [2.45, 2.75) is 38.1 Å². The molecule has 2 N–H and O–H groups in total. The predicted octanol–water partition coefficient (Wildman–Crippen LogP) is 0.668. The van der Waals surface area contributed by atoms with E-state index >= 15 is 0 Å². The van der Waals surface area contributed by atoms with E-state index in [9.17, 15) is 4.79 Å². The van der Waals surface area contributed by atoms with Crippen LogP contribution in [0.1, 0.15) is 32.1 Å². The van der Waals surface area contributed by atoms with Crippen molar-refractivity contribution in [2.24, 2.45) is 11.7 Å². The monoisotopic (exact) mass is 239 g/mol. The highest BCUT2D eigenvalue weighted by molar-refractivity contribution is 5.77. The highest BCUT2D eigenvalue weighted by Crippen LogP contribution is 2.21. The molecule has 2 fully saturated rings.